The number of rotatable bonds is 5. The lowest BCUT2D eigenvalue weighted by atomic mass is 10.0. The molecule has 0 unspecified atom stereocenters. The molecule has 0 saturated carbocycles. The highest BCUT2D eigenvalue weighted by Gasteiger charge is 2.17. The summed E-state index contributed by atoms with van der Waals surface area (Å²) in [5, 5.41) is 7.30. The second kappa shape index (κ2) is 7.48. The Morgan fingerprint density at radius 3 is 2.68 bits per heavy atom. The molecule has 0 amide bonds. The third-order valence-corrected chi connectivity index (χ3v) is 4.37. The van der Waals surface area contributed by atoms with E-state index in [9.17, 15) is 0 Å². The van der Waals surface area contributed by atoms with E-state index in [4.69, 9.17) is 9.26 Å². The van der Waals surface area contributed by atoms with Gasteiger partial charge in [-0.15, -0.1) is 0 Å². The van der Waals surface area contributed by atoms with E-state index in [0.717, 1.165) is 45.3 Å². The first-order valence-corrected chi connectivity index (χ1v) is 8.77. The molecule has 0 bridgehead atoms. The van der Waals surface area contributed by atoms with Crippen molar-refractivity contribution in [2.24, 2.45) is 0 Å². The lowest BCUT2D eigenvalue weighted by Crippen LogP contribution is -1.99. The minimum atomic E-state index is 0.497. The largest absolute Gasteiger partial charge is 0.496 e. The number of nitrogens with zero attached hydrogens (tertiary/aromatic N) is 4. The zero-order valence-electron chi connectivity index (χ0n) is 15.8. The molecule has 0 radical (unpaired) electrons. The Bertz CT molecular complexity index is 1090. The Hall–Kier alpha value is -3.74. The quantitative estimate of drug-likeness (QED) is 0.549. The van der Waals surface area contributed by atoms with Gasteiger partial charge >= 0.3 is 0 Å². The van der Waals surface area contributed by atoms with Gasteiger partial charge in [-0.1, -0.05) is 5.16 Å². The zero-order valence-corrected chi connectivity index (χ0v) is 15.8. The van der Waals surface area contributed by atoms with Crippen LogP contribution in [0.15, 0.2) is 59.5 Å². The Morgan fingerprint density at radius 1 is 1.07 bits per heavy atom. The SMILES string of the molecule is COc1ccc(Nc2nccc(-c3cccnc3)n2)cc1-c1c(C)noc1C. The van der Waals surface area contributed by atoms with Gasteiger partial charge in [0.15, 0.2) is 0 Å². The highest BCUT2D eigenvalue weighted by atomic mass is 16.5. The van der Waals surface area contributed by atoms with Crippen LogP contribution in [0.25, 0.3) is 22.4 Å². The third-order valence-electron chi connectivity index (χ3n) is 4.37. The van der Waals surface area contributed by atoms with Crippen LogP contribution in [0.5, 0.6) is 5.75 Å². The maximum Gasteiger partial charge on any atom is 0.227 e. The van der Waals surface area contributed by atoms with Crippen LogP contribution < -0.4 is 10.1 Å². The minimum absolute atomic E-state index is 0.497. The summed E-state index contributed by atoms with van der Waals surface area (Å²) in [6, 6.07) is 11.5. The van der Waals surface area contributed by atoms with Crippen molar-refractivity contribution in [3.8, 4) is 28.1 Å². The summed E-state index contributed by atoms with van der Waals surface area (Å²) in [5.41, 5.74) is 5.18. The Balaban J connectivity index is 1.69. The first-order valence-electron chi connectivity index (χ1n) is 8.77. The normalized spacial score (nSPS) is 10.7. The highest BCUT2D eigenvalue weighted by molar-refractivity contribution is 5.78. The van der Waals surface area contributed by atoms with Crippen LogP contribution >= 0.6 is 0 Å². The summed E-state index contributed by atoms with van der Waals surface area (Å²) in [6.45, 7) is 3.79. The van der Waals surface area contributed by atoms with Gasteiger partial charge in [-0.2, -0.15) is 0 Å². The summed E-state index contributed by atoms with van der Waals surface area (Å²) in [6.07, 6.45) is 5.23. The van der Waals surface area contributed by atoms with Gasteiger partial charge in [0, 0.05) is 35.4 Å². The molecule has 3 heterocycles. The predicted molar refractivity (Wildman–Crippen MR) is 107 cm³/mol. The van der Waals surface area contributed by atoms with Crippen molar-refractivity contribution in [1.29, 1.82) is 0 Å². The van der Waals surface area contributed by atoms with Gasteiger partial charge in [0.25, 0.3) is 0 Å². The van der Waals surface area contributed by atoms with Gasteiger partial charge in [-0.25, -0.2) is 9.97 Å². The number of aryl methyl sites for hydroxylation is 2. The Morgan fingerprint density at radius 2 is 1.96 bits per heavy atom. The van der Waals surface area contributed by atoms with Gasteiger partial charge in [-0.3, -0.25) is 4.98 Å². The molecule has 4 aromatic rings. The maximum atomic E-state index is 5.53. The van der Waals surface area contributed by atoms with E-state index >= 15 is 0 Å². The van der Waals surface area contributed by atoms with Crippen LogP contribution in [-0.2, 0) is 0 Å². The van der Waals surface area contributed by atoms with Gasteiger partial charge in [-0.05, 0) is 50.2 Å². The molecule has 1 N–H and O–H groups in total. The Kier molecular flexibility index (Phi) is 4.72. The highest BCUT2D eigenvalue weighted by Crippen LogP contribution is 2.36. The molecular weight excluding hydrogens is 354 g/mol. The van der Waals surface area contributed by atoms with Crippen LogP contribution in [-0.4, -0.2) is 27.2 Å². The smallest absolute Gasteiger partial charge is 0.227 e. The molecule has 140 valence electrons. The van der Waals surface area contributed by atoms with E-state index in [0.29, 0.717) is 5.95 Å². The number of nitrogens with one attached hydrogen (secondary N) is 1. The summed E-state index contributed by atoms with van der Waals surface area (Å²) < 4.78 is 10.8. The van der Waals surface area contributed by atoms with E-state index in [-0.39, 0.29) is 0 Å². The van der Waals surface area contributed by atoms with Crippen molar-refractivity contribution in [2.75, 3.05) is 12.4 Å². The van der Waals surface area contributed by atoms with E-state index in [1.54, 1.807) is 25.7 Å². The number of methoxy groups -OCH3 is 1. The molecule has 7 heteroatoms. The third kappa shape index (κ3) is 3.42. The zero-order chi connectivity index (χ0) is 19.5. The first-order chi connectivity index (χ1) is 13.7. The molecule has 0 aliphatic heterocycles. The van der Waals surface area contributed by atoms with Crippen molar-refractivity contribution >= 4 is 11.6 Å². The van der Waals surface area contributed by atoms with E-state index in [1.807, 2.05) is 50.2 Å². The van der Waals surface area contributed by atoms with E-state index in [2.05, 4.69) is 25.4 Å². The van der Waals surface area contributed by atoms with Crippen molar-refractivity contribution in [2.45, 2.75) is 13.8 Å². The Labute approximate surface area is 162 Å². The van der Waals surface area contributed by atoms with Gasteiger partial charge in [0.2, 0.25) is 5.95 Å². The number of hydrogen-bond acceptors (Lipinski definition) is 7. The van der Waals surface area contributed by atoms with E-state index < -0.39 is 0 Å². The van der Waals surface area contributed by atoms with Crippen molar-refractivity contribution in [1.82, 2.24) is 20.1 Å². The van der Waals surface area contributed by atoms with Crippen LogP contribution in [0.1, 0.15) is 11.5 Å². The predicted octanol–water partition coefficient (Wildman–Crippen LogP) is 4.56. The summed E-state index contributed by atoms with van der Waals surface area (Å²) in [4.78, 5) is 13.1. The molecule has 4 rings (SSSR count). The number of ether oxygens (including phenoxy) is 1. The van der Waals surface area contributed by atoms with Crippen molar-refractivity contribution in [3.63, 3.8) is 0 Å². The first kappa shape index (κ1) is 17.7. The fourth-order valence-corrected chi connectivity index (χ4v) is 3.07. The minimum Gasteiger partial charge on any atom is -0.496 e. The molecule has 0 saturated heterocycles. The molecule has 7 nitrogen and oxygen atoms in total. The van der Waals surface area contributed by atoms with Crippen LogP contribution in [0.2, 0.25) is 0 Å². The second-order valence-corrected chi connectivity index (χ2v) is 6.25. The van der Waals surface area contributed by atoms with Crippen molar-refractivity contribution in [3.05, 3.63) is 66.4 Å². The fraction of sp³-hybridized carbons (Fsp3) is 0.143. The van der Waals surface area contributed by atoms with Gasteiger partial charge in [0.1, 0.15) is 11.5 Å². The molecular formula is C21H19N5O2. The molecule has 0 aliphatic rings. The number of hydrogen-bond donors (Lipinski definition) is 1. The summed E-state index contributed by atoms with van der Waals surface area (Å²) in [5.74, 6) is 1.98. The summed E-state index contributed by atoms with van der Waals surface area (Å²) in [7, 11) is 1.64. The van der Waals surface area contributed by atoms with Crippen LogP contribution in [0.3, 0.4) is 0 Å². The lowest BCUT2D eigenvalue weighted by Gasteiger charge is -2.12. The molecule has 0 fully saturated rings. The molecule has 0 spiro atoms. The molecule has 1 aromatic carbocycles. The number of anilines is 2. The van der Waals surface area contributed by atoms with Crippen molar-refractivity contribution < 1.29 is 9.26 Å². The molecule has 0 aliphatic carbocycles. The van der Waals surface area contributed by atoms with Gasteiger partial charge in [0.05, 0.1) is 24.1 Å². The lowest BCUT2D eigenvalue weighted by molar-refractivity contribution is 0.393. The van der Waals surface area contributed by atoms with Crippen LogP contribution in [0, 0.1) is 13.8 Å². The monoisotopic (exact) mass is 373 g/mol. The standard InChI is InChI=1S/C21H19N5O2/c1-13-20(14(2)28-26-13)17-11-16(6-7-19(17)27-3)24-21-23-10-8-18(25-21)15-5-4-9-22-12-15/h4-12H,1-3H3,(H,23,24,25). The average molecular weight is 373 g/mol. The number of pyridine rings is 1. The topological polar surface area (TPSA) is 86.0 Å². The van der Waals surface area contributed by atoms with Crippen LogP contribution in [0.4, 0.5) is 11.6 Å². The molecule has 0 atom stereocenters. The maximum absolute atomic E-state index is 5.53. The molecule has 3 aromatic heterocycles. The average Bonchev–Trinajstić information content (AvgIpc) is 3.07. The molecule has 28 heavy (non-hydrogen) atoms. The van der Waals surface area contributed by atoms with Gasteiger partial charge < -0.3 is 14.6 Å². The number of aromatic nitrogens is 4. The second-order valence-electron chi connectivity index (χ2n) is 6.25. The fourth-order valence-electron chi connectivity index (χ4n) is 3.07. The van der Waals surface area contributed by atoms with E-state index in [1.165, 1.54) is 0 Å². The summed E-state index contributed by atoms with van der Waals surface area (Å²) >= 11 is 0. The number of benzene rings is 1.